The molecule has 0 aliphatic carbocycles. The summed E-state index contributed by atoms with van der Waals surface area (Å²) in [5.74, 6) is -0.608. The molecule has 4 heteroatoms. The summed E-state index contributed by atoms with van der Waals surface area (Å²) < 4.78 is 0. The van der Waals surface area contributed by atoms with Crippen molar-refractivity contribution >= 4 is 5.97 Å². The molecule has 1 fully saturated rings. The third kappa shape index (κ3) is 3.46. The Morgan fingerprint density at radius 1 is 1.38 bits per heavy atom. The zero-order valence-electron chi connectivity index (χ0n) is 10.7. The highest BCUT2D eigenvalue weighted by Crippen LogP contribution is 2.14. The molecule has 1 saturated heterocycles. The number of carboxylic acids is 1. The van der Waals surface area contributed by atoms with Crippen LogP contribution in [0.5, 0.6) is 0 Å². The van der Waals surface area contributed by atoms with Gasteiger partial charge in [0.2, 0.25) is 0 Å². The second-order valence-electron chi connectivity index (χ2n) is 5.30. The second kappa shape index (κ2) is 5.64. The van der Waals surface area contributed by atoms with E-state index in [2.05, 4.69) is 24.1 Å². The lowest BCUT2D eigenvalue weighted by Gasteiger charge is -2.24. The molecule has 2 atom stereocenters. The summed E-state index contributed by atoms with van der Waals surface area (Å²) in [4.78, 5) is 13.5. The number of hydrogen-bond acceptors (Lipinski definition) is 3. The fourth-order valence-electron chi connectivity index (χ4n) is 2.20. The van der Waals surface area contributed by atoms with Crippen LogP contribution >= 0.6 is 0 Å². The number of aliphatic carboxylic acids is 1. The topological polar surface area (TPSA) is 52.6 Å². The summed E-state index contributed by atoms with van der Waals surface area (Å²) in [6.45, 7) is 10.3. The van der Waals surface area contributed by atoms with Crippen LogP contribution in [0.1, 0.15) is 34.1 Å². The SMILES string of the molecule is CC(C)C(NC1CCN(C(C)C)C1)C(=O)O. The van der Waals surface area contributed by atoms with Crippen molar-refractivity contribution in [1.29, 1.82) is 0 Å². The quantitative estimate of drug-likeness (QED) is 0.741. The minimum absolute atomic E-state index is 0.130. The monoisotopic (exact) mass is 228 g/mol. The van der Waals surface area contributed by atoms with E-state index < -0.39 is 12.0 Å². The molecule has 0 spiro atoms. The van der Waals surface area contributed by atoms with Crippen molar-refractivity contribution in [2.24, 2.45) is 5.92 Å². The van der Waals surface area contributed by atoms with Crippen molar-refractivity contribution in [2.75, 3.05) is 13.1 Å². The van der Waals surface area contributed by atoms with Gasteiger partial charge in [-0.3, -0.25) is 9.69 Å². The zero-order valence-corrected chi connectivity index (χ0v) is 10.7. The molecule has 2 N–H and O–H groups in total. The van der Waals surface area contributed by atoms with Crippen LogP contribution in [0, 0.1) is 5.92 Å². The number of rotatable bonds is 5. The molecule has 0 aromatic rings. The number of carbonyl (C=O) groups is 1. The van der Waals surface area contributed by atoms with E-state index in [0.717, 1.165) is 19.5 Å². The molecule has 94 valence electrons. The van der Waals surface area contributed by atoms with Crippen molar-refractivity contribution in [3.63, 3.8) is 0 Å². The van der Waals surface area contributed by atoms with Gasteiger partial charge in [0.05, 0.1) is 0 Å². The first kappa shape index (κ1) is 13.5. The third-order valence-electron chi connectivity index (χ3n) is 3.30. The van der Waals surface area contributed by atoms with Gasteiger partial charge in [-0.1, -0.05) is 13.8 Å². The first-order chi connectivity index (χ1) is 7.41. The van der Waals surface area contributed by atoms with Crippen LogP contribution in [0.4, 0.5) is 0 Å². The Kier molecular flexibility index (Phi) is 4.74. The molecule has 0 amide bonds. The van der Waals surface area contributed by atoms with Gasteiger partial charge in [0.1, 0.15) is 6.04 Å². The Balaban J connectivity index is 2.46. The van der Waals surface area contributed by atoms with E-state index in [9.17, 15) is 4.79 Å². The molecular formula is C12H24N2O2. The van der Waals surface area contributed by atoms with Crippen molar-refractivity contribution in [3.05, 3.63) is 0 Å². The maximum Gasteiger partial charge on any atom is 0.320 e. The van der Waals surface area contributed by atoms with Gasteiger partial charge >= 0.3 is 5.97 Å². The first-order valence-electron chi connectivity index (χ1n) is 6.14. The summed E-state index contributed by atoms with van der Waals surface area (Å²) in [5, 5.41) is 12.4. The molecule has 2 unspecified atom stereocenters. The molecule has 1 aliphatic rings. The predicted molar refractivity (Wildman–Crippen MR) is 64.5 cm³/mol. The maximum absolute atomic E-state index is 11.1. The third-order valence-corrected chi connectivity index (χ3v) is 3.30. The van der Waals surface area contributed by atoms with Gasteiger partial charge in [-0.25, -0.2) is 0 Å². The second-order valence-corrected chi connectivity index (χ2v) is 5.30. The smallest absolute Gasteiger partial charge is 0.320 e. The van der Waals surface area contributed by atoms with Crippen LogP contribution in [0.2, 0.25) is 0 Å². The minimum Gasteiger partial charge on any atom is -0.480 e. The van der Waals surface area contributed by atoms with Crippen molar-refractivity contribution in [3.8, 4) is 0 Å². The van der Waals surface area contributed by atoms with Crippen LogP contribution in [0.3, 0.4) is 0 Å². The molecule has 1 heterocycles. The highest BCUT2D eigenvalue weighted by molar-refractivity contribution is 5.73. The lowest BCUT2D eigenvalue weighted by molar-refractivity contribution is -0.140. The minimum atomic E-state index is -0.738. The largest absolute Gasteiger partial charge is 0.480 e. The van der Waals surface area contributed by atoms with Crippen LogP contribution in [0.15, 0.2) is 0 Å². The normalized spacial score (nSPS) is 24.2. The molecule has 0 aromatic heterocycles. The Bertz CT molecular complexity index is 241. The number of nitrogens with one attached hydrogen (secondary N) is 1. The van der Waals surface area contributed by atoms with Gasteiger partial charge in [-0.05, 0) is 32.7 Å². The van der Waals surface area contributed by atoms with E-state index in [1.54, 1.807) is 0 Å². The van der Waals surface area contributed by atoms with E-state index in [1.807, 2.05) is 13.8 Å². The van der Waals surface area contributed by atoms with Crippen LogP contribution in [-0.2, 0) is 4.79 Å². The average Bonchev–Trinajstić information content (AvgIpc) is 2.61. The van der Waals surface area contributed by atoms with Gasteiger partial charge in [-0.15, -0.1) is 0 Å². The highest BCUT2D eigenvalue weighted by atomic mass is 16.4. The highest BCUT2D eigenvalue weighted by Gasteiger charge is 2.29. The molecule has 1 aliphatic heterocycles. The summed E-state index contributed by atoms with van der Waals surface area (Å²) in [6.07, 6.45) is 1.05. The Morgan fingerprint density at radius 2 is 2.00 bits per heavy atom. The molecular weight excluding hydrogens is 204 g/mol. The van der Waals surface area contributed by atoms with Crippen LogP contribution in [0.25, 0.3) is 0 Å². The van der Waals surface area contributed by atoms with Crippen molar-refractivity contribution < 1.29 is 9.90 Å². The Labute approximate surface area is 98.0 Å². The Hall–Kier alpha value is -0.610. The number of carboxylic acid groups (broad SMARTS) is 1. The van der Waals surface area contributed by atoms with Gasteiger partial charge in [0, 0.05) is 18.6 Å². The van der Waals surface area contributed by atoms with Gasteiger partial charge in [0.25, 0.3) is 0 Å². The zero-order chi connectivity index (χ0) is 12.3. The van der Waals surface area contributed by atoms with Crippen LogP contribution < -0.4 is 5.32 Å². The van der Waals surface area contributed by atoms with Gasteiger partial charge in [0.15, 0.2) is 0 Å². The molecule has 16 heavy (non-hydrogen) atoms. The predicted octanol–water partition coefficient (Wildman–Crippen LogP) is 1.17. The Morgan fingerprint density at radius 3 is 2.38 bits per heavy atom. The van der Waals surface area contributed by atoms with Gasteiger partial charge < -0.3 is 10.4 Å². The van der Waals surface area contributed by atoms with E-state index in [1.165, 1.54) is 0 Å². The van der Waals surface area contributed by atoms with E-state index in [0.29, 0.717) is 12.1 Å². The lowest BCUT2D eigenvalue weighted by atomic mass is 10.0. The molecule has 0 saturated carbocycles. The molecule has 4 nitrogen and oxygen atoms in total. The average molecular weight is 228 g/mol. The summed E-state index contributed by atoms with van der Waals surface area (Å²) in [7, 11) is 0. The fraction of sp³-hybridized carbons (Fsp3) is 0.917. The molecule has 1 rings (SSSR count). The number of hydrogen-bond donors (Lipinski definition) is 2. The standard InChI is InChI=1S/C12H24N2O2/c1-8(2)11(12(15)16)13-10-5-6-14(7-10)9(3)4/h8-11,13H,5-7H2,1-4H3,(H,15,16). The van der Waals surface area contributed by atoms with E-state index in [-0.39, 0.29) is 5.92 Å². The van der Waals surface area contributed by atoms with Crippen molar-refractivity contribution in [2.45, 2.75) is 52.2 Å². The summed E-state index contributed by atoms with van der Waals surface area (Å²) in [5.41, 5.74) is 0. The van der Waals surface area contributed by atoms with Gasteiger partial charge in [-0.2, -0.15) is 0 Å². The molecule has 0 radical (unpaired) electrons. The first-order valence-corrected chi connectivity index (χ1v) is 6.14. The summed E-state index contributed by atoms with van der Waals surface area (Å²) >= 11 is 0. The number of likely N-dealkylation sites (tertiary alicyclic amines) is 1. The van der Waals surface area contributed by atoms with Crippen molar-refractivity contribution in [1.82, 2.24) is 10.2 Å². The lowest BCUT2D eigenvalue weighted by Crippen LogP contribution is -2.47. The maximum atomic E-state index is 11.1. The number of nitrogens with zero attached hydrogens (tertiary/aromatic N) is 1. The molecule has 0 bridgehead atoms. The van der Waals surface area contributed by atoms with E-state index >= 15 is 0 Å². The molecule has 0 aromatic carbocycles. The fourth-order valence-corrected chi connectivity index (χ4v) is 2.20. The van der Waals surface area contributed by atoms with Crippen LogP contribution in [-0.4, -0.2) is 47.2 Å². The summed E-state index contributed by atoms with van der Waals surface area (Å²) in [6, 6.07) is 0.456. The van der Waals surface area contributed by atoms with E-state index in [4.69, 9.17) is 5.11 Å².